The van der Waals surface area contributed by atoms with Crippen molar-refractivity contribution in [1.82, 2.24) is 4.90 Å². The van der Waals surface area contributed by atoms with Crippen molar-refractivity contribution in [2.75, 3.05) is 25.6 Å². The Labute approximate surface area is 126 Å². The summed E-state index contributed by atoms with van der Waals surface area (Å²) in [6.07, 6.45) is 5.71. The smallest absolute Gasteiger partial charge is 0.309 e. The fourth-order valence-electron chi connectivity index (χ4n) is 2.33. The number of rotatable bonds is 8. The van der Waals surface area contributed by atoms with E-state index in [9.17, 15) is 9.59 Å². The van der Waals surface area contributed by atoms with E-state index >= 15 is 0 Å². The largest absolute Gasteiger partial charge is 0.465 e. The molecule has 1 rings (SSSR count). The molecule has 1 aliphatic heterocycles. The van der Waals surface area contributed by atoms with E-state index in [2.05, 4.69) is 6.92 Å². The quantitative estimate of drug-likeness (QED) is 0.393. The highest BCUT2D eigenvalue weighted by molar-refractivity contribution is 6.17. The number of esters is 1. The van der Waals surface area contributed by atoms with E-state index in [0.717, 1.165) is 38.5 Å². The van der Waals surface area contributed by atoms with E-state index < -0.39 is 0 Å². The van der Waals surface area contributed by atoms with Crippen LogP contribution in [0.15, 0.2) is 0 Å². The summed E-state index contributed by atoms with van der Waals surface area (Å²) < 4.78 is 5.24. The molecule has 0 unspecified atom stereocenters. The van der Waals surface area contributed by atoms with Gasteiger partial charge in [-0.05, 0) is 32.1 Å². The first-order valence-corrected chi connectivity index (χ1v) is 8.22. The summed E-state index contributed by atoms with van der Waals surface area (Å²) in [7, 11) is 0. The molecule has 116 valence electrons. The van der Waals surface area contributed by atoms with Crippen LogP contribution < -0.4 is 0 Å². The Morgan fingerprint density at radius 2 is 1.90 bits per heavy atom. The molecule has 5 heteroatoms. The molecule has 1 aliphatic rings. The monoisotopic (exact) mass is 303 g/mol. The minimum Gasteiger partial charge on any atom is -0.465 e. The number of halogens is 1. The molecule has 1 saturated heterocycles. The van der Waals surface area contributed by atoms with Crippen LogP contribution >= 0.6 is 11.6 Å². The minimum atomic E-state index is -0.0901. The fraction of sp³-hybridized carbons (Fsp3) is 0.867. The number of hydrogen-bond acceptors (Lipinski definition) is 3. The maximum absolute atomic E-state index is 11.9. The van der Waals surface area contributed by atoms with E-state index in [-0.39, 0.29) is 17.8 Å². The van der Waals surface area contributed by atoms with Crippen molar-refractivity contribution in [1.29, 1.82) is 0 Å². The third-order valence-corrected chi connectivity index (χ3v) is 3.96. The molecule has 1 fully saturated rings. The van der Waals surface area contributed by atoms with Crippen LogP contribution in [0.25, 0.3) is 0 Å². The maximum Gasteiger partial charge on any atom is 0.309 e. The number of carbonyl (C=O) groups excluding carboxylic acids is 2. The number of hydrogen-bond donors (Lipinski definition) is 0. The number of alkyl halides is 1. The van der Waals surface area contributed by atoms with Crippen molar-refractivity contribution in [2.45, 2.75) is 51.9 Å². The average Bonchev–Trinajstić information content (AvgIpc) is 2.47. The van der Waals surface area contributed by atoms with Crippen molar-refractivity contribution in [3.8, 4) is 0 Å². The molecule has 0 aromatic heterocycles. The van der Waals surface area contributed by atoms with Crippen LogP contribution in [0.1, 0.15) is 51.9 Å². The number of likely N-dealkylation sites (tertiary alicyclic amines) is 1. The van der Waals surface area contributed by atoms with Crippen LogP contribution in [-0.2, 0) is 14.3 Å². The van der Waals surface area contributed by atoms with Gasteiger partial charge in [-0.2, -0.15) is 0 Å². The highest BCUT2D eigenvalue weighted by Crippen LogP contribution is 2.19. The predicted molar refractivity (Wildman–Crippen MR) is 79.7 cm³/mol. The predicted octanol–water partition coefficient (Wildman–Crippen LogP) is 2.98. The normalized spacial score (nSPS) is 16.2. The second-order valence-corrected chi connectivity index (χ2v) is 5.70. The summed E-state index contributed by atoms with van der Waals surface area (Å²) in [6.45, 7) is 3.94. The SMILES string of the molecule is CCCCOC(=O)C1CCN(C(=O)CCCCCl)CC1. The van der Waals surface area contributed by atoms with Gasteiger partial charge in [-0.1, -0.05) is 13.3 Å². The summed E-state index contributed by atoms with van der Waals surface area (Å²) in [6, 6.07) is 0. The lowest BCUT2D eigenvalue weighted by Gasteiger charge is -2.31. The van der Waals surface area contributed by atoms with Gasteiger partial charge in [0.1, 0.15) is 0 Å². The zero-order valence-corrected chi connectivity index (χ0v) is 13.2. The second kappa shape index (κ2) is 10.0. The van der Waals surface area contributed by atoms with Crippen molar-refractivity contribution in [3.63, 3.8) is 0 Å². The zero-order valence-electron chi connectivity index (χ0n) is 12.4. The first-order valence-electron chi connectivity index (χ1n) is 7.69. The van der Waals surface area contributed by atoms with E-state index in [0.29, 0.717) is 32.0 Å². The van der Waals surface area contributed by atoms with Gasteiger partial charge in [-0.3, -0.25) is 9.59 Å². The molecule has 1 heterocycles. The second-order valence-electron chi connectivity index (χ2n) is 5.32. The lowest BCUT2D eigenvalue weighted by molar-refractivity contribution is -0.151. The Bertz CT molecular complexity index is 271. The molecule has 0 aromatic carbocycles. The van der Waals surface area contributed by atoms with Crippen LogP contribution in [0, 0.1) is 5.92 Å². The van der Waals surface area contributed by atoms with Gasteiger partial charge >= 0.3 is 5.97 Å². The van der Waals surface area contributed by atoms with Gasteiger partial charge in [0.05, 0.1) is 12.5 Å². The van der Waals surface area contributed by atoms with E-state index in [1.807, 2.05) is 4.90 Å². The minimum absolute atomic E-state index is 0.0289. The standard InChI is InChI=1S/C15H26ClNO3/c1-2-3-12-20-15(19)13-7-10-17(11-8-13)14(18)6-4-5-9-16/h13H,2-12H2,1H3. The van der Waals surface area contributed by atoms with Gasteiger partial charge < -0.3 is 9.64 Å². The summed E-state index contributed by atoms with van der Waals surface area (Å²) in [5.41, 5.74) is 0. The molecule has 0 N–H and O–H groups in total. The molecule has 0 radical (unpaired) electrons. The first kappa shape index (κ1) is 17.3. The number of unbranched alkanes of at least 4 members (excludes halogenated alkanes) is 2. The lowest BCUT2D eigenvalue weighted by atomic mass is 9.96. The number of ether oxygens (including phenoxy) is 1. The average molecular weight is 304 g/mol. The van der Waals surface area contributed by atoms with Gasteiger partial charge in [-0.25, -0.2) is 0 Å². The van der Waals surface area contributed by atoms with Gasteiger partial charge in [0.15, 0.2) is 0 Å². The molecule has 0 saturated carbocycles. The Balaban J connectivity index is 2.21. The summed E-state index contributed by atoms with van der Waals surface area (Å²) in [4.78, 5) is 25.6. The summed E-state index contributed by atoms with van der Waals surface area (Å²) >= 11 is 5.60. The zero-order chi connectivity index (χ0) is 14.8. The summed E-state index contributed by atoms with van der Waals surface area (Å²) in [5, 5.41) is 0. The van der Waals surface area contributed by atoms with Crippen molar-refractivity contribution in [2.24, 2.45) is 5.92 Å². The Morgan fingerprint density at radius 3 is 2.50 bits per heavy atom. The molecule has 0 bridgehead atoms. The van der Waals surface area contributed by atoms with Crippen molar-refractivity contribution in [3.05, 3.63) is 0 Å². The third kappa shape index (κ3) is 6.12. The van der Waals surface area contributed by atoms with Crippen LogP contribution in [0.2, 0.25) is 0 Å². The molecule has 0 aromatic rings. The van der Waals surface area contributed by atoms with Gasteiger partial charge in [-0.15, -0.1) is 11.6 Å². The number of piperidine rings is 1. The van der Waals surface area contributed by atoms with E-state index in [1.165, 1.54) is 0 Å². The number of carbonyl (C=O) groups is 2. The molecule has 0 atom stereocenters. The Morgan fingerprint density at radius 1 is 1.20 bits per heavy atom. The van der Waals surface area contributed by atoms with Crippen LogP contribution in [-0.4, -0.2) is 42.4 Å². The number of amides is 1. The molecular weight excluding hydrogens is 278 g/mol. The maximum atomic E-state index is 11.9. The molecular formula is C15H26ClNO3. The molecule has 20 heavy (non-hydrogen) atoms. The molecule has 4 nitrogen and oxygen atoms in total. The number of nitrogens with zero attached hydrogens (tertiary/aromatic N) is 1. The van der Waals surface area contributed by atoms with Crippen LogP contribution in [0.5, 0.6) is 0 Å². The van der Waals surface area contributed by atoms with Gasteiger partial charge in [0.2, 0.25) is 5.91 Å². The highest BCUT2D eigenvalue weighted by atomic mass is 35.5. The van der Waals surface area contributed by atoms with Gasteiger partial charge in [0, 0.05) is 25.4 Å². The highest BCUT2D eigenvalue weighted by Gasteiger charge is 2.27. The van der Waals surface area contributed by atoms with Crippen LogP contribution in [0.3, 0.4) is 0 Å². The Kier molecular flexibility index (Phi) is 8.67. The molecule has 0 aliphatic carbocycles. The van der Waals surface area contributed by atoms with Gasteiger partial charge in [0.25, 0.3) is 0 Å². The van der Waals surface area contributed by atoms with Crippen molar-refractivity contribution >= 4 is 23.5 Å². The first-order chi connectivity index (χ1) is 9.69. The van der Waals surface area contributed by atoms with E-state index in [4.69, 9.17) is 16.3 Å². The summed E-state index contributed by atoms with van der Waals surface area (Å²) in [5.74, 6) is 0.679. The third-order valence-electron chi connectivity index (χ3n) is 3.70. The van der Waals surface area contributed by atoms with E-state index in [1.54, 1.807) is 0 Å². The fourth-order valence-corrected chi connectivity index (χ4v) is 2.52. The lowest BCUT2D eigenvalue weighted by Crippen LogP contribution is -2.40. The molecule has 0 spiro atoms. The molecule has 1 amide bonds. The van der Waals surface area contributed by atoms with Crippen molar-refractivity contribution < 1.29 is 14.3 Å². The Hall–Kier alpha value is -0.770. The van der Waals surface area contributed by atoms with Crippen LogP contribution in [0.4, 0.5) is 0 Å². The topological polar surface area (TPSA) is 46.6 Å².